The van der Waals surface area contributed by atoms with E-state index < -0.39 is 0 Å². The van der Waals surface area contributed by atoms with Crippen LogP contribution in [0.2, 0.25) is 0 Å². The zero-order valence-corrected chi connectivity index (χ0v) is 12.7. The maximum Gasteiger partial charge on any atom is 0.119 e. The van der Waals surface area contributed by atoms with Crippen molar-refractivity contribution < 1.29 is 9.47 Å². The molecule has 0 saturated heterocycles. The molecule has 2 N–H and O–H groups in total. The van der Waals surface area contributed by atoms with E-state index in [1.54, 1.807) is 7.11 Å². The molecule has 21 heavy (non-hydrogen) atoms. The van der Waals surface area contributed by atoms with Crippen molar-refractivity contribution in [2.45, 2.75) is 32.4 Å². The number of methoxy groups -OCH3 is 1. The molecule has 0 aliphatic rings. The van der Waals surface area contributed by atoms with Crippen molar-refractivity contribution in [3.05, 3.63) is 59.7 Å². The van der Waals surface area contributed by atoms with Crippen LogP contribution in [0.25, 0.3) is 0 Å². The number of rotatable bonds is 7. The Bertz CT molecular complexity index is 549. The van der Waals surface area contributed by atoms with Crippen molar-refractivity contribution in [3.8, 4) is 11.5 Å². The first-order valence-electron chi connectivity index (χ1n) is 7.27. The van der Waals surface area contributed by atoms with Crippen molar-refractivity contribution in [1.29, 1.82) is 0 Å². The van der Waals surface area contributed by atoms with Gasteiger partial charge in [0.05, 0.1) is 7.11 Å². The van der Waals surface area contributed by atoms with Crippen molar-refractivity contribution in [3.63, 3.8) is 0 Å². The quantitative estimate of drug-likeness (QED) is 0.846. The fraction of sp³-hybridized carbons (Fsp3) is 0.333. The van der Waals surface area contributed by atoms with Gasteiger partial charge in [-0.05, 0) is 55.2 Å². The molecule has 0 amide bonds. The van der Waals surface area contributed by atoms with Crippen LogP contribution >= 0.6 is 0 Å². The van der Waals surface area contributed by atoms with E-state index in [4.69, 9.17) is 15.2 Å². The van der Waals surface area contributed by atoms with Crippen LogP contribution in [0, 0.1) is 0 Å². The van der Waals surface area contributed by atoms with Gasteiger partial charge in [0.1, 0.15) is 18.1 Å². The van der Waals surface area contributed by atoms with E-state index in [-0.39, 0.29) is 6.04 Å². The maximum absolute atomic E-state index is 5.79. The van der Waals surface area contributed by atoms with Crippen LogP contribution in [0.5, 0.6) is 11.5 Å². The van der Waals surface area contributed by atoms with Gasteiger partial charge < -0.3 is 15.2 Å². The van der Waals surface area contributed by atoms with Crippen LogP contribution < -0.4 is 15.2 Å². The predicted molar refractivity (Wildman–Crippen MR) is 85.7 cm³/mol. The first-order valence-corrected chi connectivity index (χ1v) is 7.27. The average molecular weight is 285 g/mol. The van der Waals surface area contributed by atoms with Gasteiger partial charge in [-0.15, -0.1) is 0 Å². The number of aryl methyl sites for hydroxylation is 1. The summed E-state index contributed by atoms with van der Waals surface area (Å²) in [5.74, 6) is 1.73. The lowest BCUT2D eigenvalue weighted by atomic mass is 10.1. The second-order valence-corrected chi connectivity index (χ2v) is 5.30. The van der Waals surface area contributed by atoms with E-state index in [0.29, 0.717) is 6.61 Å². The molecule has 0 aliphatic heterocycles. The normalized spacial score (nSPS) is 12.0. The Labute approximate surface area is 126 Å². The second kappa shape index (κ2) is 7.70. The molecule has 3 heteroatoms. The summed E-state index contributed by atoms with van der Waals surface area (Å²) < 4.78 is 11.0. The molecule has 0 fully saturated rings. The lowest BCUT2D eigenvalue weighted by Gasteiger charge is -2.09. The summed E-state index contributed by atoms with van der Waals surface area (Å²) in [4.78, 5) is 0. The summed E-state index contributed by atoms with van der Waals surface area (Å²) in [7, 11) is 1.67. The number of hydrogen-bond donors (Lipinski definition) is 1. The van der Waals surface area contributed by atoms with E-state index in [2.05, 4.69) is 12.1 Å². The van der Waals surface area contributed by atoms with Gasteiger partial charge in [0.2, 0.25) is 0 Å². The third-order valence-electron chi connectivity index (χ3n) is 3.35. The Morgan fingerprint density at radius 2 is 1.76 bits per heavy atom. The van der Waals surface area contributed by atoms with Crippen molar-refractivity contribution in [2.75, 3.05) is 7.11 Å². The Morgan fingerprint density at radius 1 is 1.00 bits per heavy atom. The van der Waals surface area contributed by atoms with Crippen molar-refractivity contribution in [1.82, 2.24) is 0 Å². The highest BCUT2D eigenvalue weighted by Gasteiger charge is 2.00. The van der Waals surface area contributed by atoms with Gasteiger partial charge in [0.15, 0.2) is 0 Å². The van der Waals surface area contributed by atoms with Crippen molar-refractivity contribution >= 4 is 0 Å². The zero-order valence-electron chi connectivity index (χ0n) is 12.7. The fourth-order valence-corrected chi connectivity index (χ4v) is 2.08. The molecule has 3 nitrogen and oxygen atoms in total. The second-order valence-electron chi connectivity index (χ2n) is 5.30. The molecule has 2 rings (SSSR count). The molecule has 1 unspecified atom stereocenters. The molecule has 0 aliphatic carbocycles. The molecule has 0 heterocycles. The smallest absolute Gasteiger partial charge is 0.119 e. The largest absolute Gasteiger partial charge is 0.497 e. The standard InChI is InChI=1S/C18H23NO2/c1-14(19)6-7-15-8-10-17(11-9-15)21-13-16-4-3-5-18(12-16)20-2/h3-5,8-12,14H,6-7,13,19H2,1-2H3. The monoisotopic (exact) mass is 285 g/mol. The lowest BCUT2D eigenvalue weighted by molar-refractivity contribution is 0.305. The summed E-state index contributed by atoms with van der Waals surface area (Å²) in [6, 6.07) is 16.4. The topological polar surface area (TPSA) is 44.5 Å². The number of nitrogens with two attached hydrogens (primary N) is 1. The summed E-state index contributed by atoms with van der Waals surface area (Å²) >= 11 is 0. The van der Waals surface area contributed by atoms with E-state index in [0.717, 1.165) is 29.9 Å². The van der Waals surface area contributed by atoms with Gasteiger partial charge in [-0.25, -0.2) is 0 Å². The minimum atomic E-state index is 0.244. The third-order valence-corrected chi connectivity index (χ3v) is 3.35. The molecule has 2 aromatic carbocycles. The first-order chi connectivity index (χ1) is 10.2. The summed E-state index contributed by atoms with van der Waals surface area (Å²) in [6.45, 7) is 2.57. The number of ether oxygens (including phenoxy) is 2. The molecule has 0 radical (unpaired) electrons. The van der Waals surface area contributed by atoms with Crippen LogP contribution in [0.15, 0.2) is 48.5 Å². The third kappa shape index (κ3) is 5.12. The fourth-order valence-electron chi connectivity index (χ4n) is 2.08. The van der Waals surface area contributed by atoms with Crippen LogP contribution in [0.1, 0.15) is 24.5 Å². The van der Waals surface area contributed by atoms with Gasteiger partial charge in [-0.3, -0.25) is 0 Å². The molecular weight excluding hydrogens is 262 g/mol. The highest BCUT2D eigenvalue weighted by molar-refractivity contribution is 5.30. The Kier molecular flexibility index (Phi) is 5.64. The highest BCUT2D eigenvalue weighted by atomic mass is 16.5. The summed E-state index contributed by atoms with van der Waals surface area (Å²) in [5.41, 5.74) is 8.16. The van der Waals surface area contributed by atoms with E-state index in [9.17, 15) is 0 Å². The van der Waals surface area contributed by atoms with E-state index in [1.807, 2.05) is 43.3 Å². The average Bonchev–Trinajstić information content (AvgIpc) is 2.52. The summed E-state index contributed by atoms with van der Waals surface area (Å²) in [5, 5.41) is 0. The van der Waals surface area contributed by atoms with Gasteiger partial charge in [0.25, 0.3) is 0 Å². The van der Waals surface area contributed by atoms with Crippen LogP contribution in [0.4, 0.5) is 0 Å². The Balaban J connectivity index is 1.88. The maximum atomic E-state index is 5.79. The molecule has 0 bridgehead atoms. The minimum Gasteiger partial charge on any atom is -0.497 e. The number of benzene rings is 2. The molecule has 1 atom stereocenters. The van der Waals surface area contributed by atoms with E-state index >= 15 is 0 Å². The molecular formula is C18H23NO2. The van der Waals surface area contributed by atoms with Gasteiger partial charge in [-0.2, -0.15) is 0 Å². The molecule has 0 spiro atoms. The van der Waals surface area contributed by atoms with Crippen LogP contribution in [-0.2, 0) is 13.0 Å². The van der Waals surface area contributed by atoms with Crippen LogP contribution in [0.3, 0.4) is 0 Å². The van der Waals surface area contributed by atoms with Gasteiger partial charge in [-0.1, -0.05) is 24.3 Å². The highest BCUT2D eigenvalue weighted by Crippen LogP contribution is 2.17. The van der Waals surface area contributed by atoms with E-state index in [1.165, 1.54) is 5.56 Å². The van der Waals surface area contributed by atoms with Crippen molar-refractivity contribution in [2.24, 2.45) is 5.73 Å². The molecule has 0 saturated carbocycles. The Morgan fingerprint density at radius 3 is 2.43 bits per heavy atom. The summed E-state index contributed by atoms with van der Waals surface area (Å²) in [6.07, 6.45) is 2.01. The molecule has 2 aromatic rings. The number of hydrogen-bond acceptors (Lipinski definition) is 3. The predicted octanol–water partition coefficient (Wildman–Crippen LogP) is 3.55. The SMILES string of the molecule is COc1cccc(COc2ccc(CCC(C)N)cc2)c1. The molecule has 0 aromatic heterocycles. The van der Waals surface area contributed by atoms with Gasteiger partial charge >= 0.3 is 0 Å². The first kappa shape index (κ1) is 15.4. The van der Waals surface area contributed by atoms with Crippen LogP contribution in [-0.4, -0.2) is 13.2 Å². The zero-order chi connectivity index (χ0) is 15.1. The lowest BCUT2D eigenvalue weighted by Crippen LogP contribution is -2.15. The van der Waals surface area contributed by atoms with Gasteiger partial charge in [0, 0.05) is 6.04 Å². The molecule has 112 valence electrons. The minimum absolute atomic E-state index is 0.244. The Hall–Kier alpha value is -2.00.